The van der Waals surface area contributed by atoms with Gasteiger partial charge in [-0.25, -0.2) is 0 Å². The first-order valence-electron chi connectivity index (χ1n) is 7.70. The maximum absolute atomic E-state index is 6.68. The zero-order valence-electron chi connectivity index (χ0n) is 13.0. The molecule has 0 saturated heterocycles. The Labute approximate surface area is 115 Å². The molecule has 1 nitrogen and oxygen atoms in total. The Morgan fingerprint density at radius 2 is 2.06 bits per heavy atom. The Balaban J connectivity index is 2.72. The normalized spacial score (nSPS) is 32.2. The molecule has 0 radical (unpaired) electrons. The second-order valence-electron chi connectivity index (χ2n) is 6.78. The quantitative estimate of drug-likeness (QED) is 0.472. The maximum atomic E-state index is 6.68. The summed E-state index contributed by atoms with van der Waals surface area (Å²) >= 11 is 0. The van der Waals surface area contributed by atoms with Crippen LogP contribution < -0.4 is 0 Å². The van der Waals surface area contributed by atoms with E-state index in [1.165, 1.54) is 25.3 Å². The van der Waals surface area contributed by atoms with E-state index >= 15 is 0 Å². The van der Waals surface area contributed by atoms with Gasteiger partial charge in [0.2, 0.25) is 0 Å². The van der Waals surface area contributed by atoms with Crippen LogP contribution in [0.2, 0.25) is 18.6 Å². The van der Waals surface area contributed by atoms with E-state index in [9.17, 15) is 0 Å². The van der Waals surface area contributed by atoms with Crippen LogP contribution in [0.3, 0.4) is 0 Å². The fourth-order valence-corrected chi connectivity index (χ4v) is 5.36. The molecule has 0 aromatic heterocycles. The van der Waals surface area contributed by atoms with Crippen LogP contribution in [0.1, 0.15) is 47.0 Å². The van der Waals surface area contributed by atoms with Crippen LogP contribution in [-0.4, -0.2) is 14.4 Å². The highest BCUT2D eigenvalue weighted by molar-refractivity contribution is 6.72. The van der Waals surface area contributed by atoms with Crippen molar-refractivity contribution in [2.75, 3.05) is 0 Å². The van der Waals surface area contributed by atoms with Crippen molar-refractivity contribution in [1.82, 2.24) is 0 Å². The zero-order valence-corrected chi connectivity index (χ0v) is 14.0. The topological polar surface area (TPSA) is 9.23 Å². The molecule has 0 aromatic carbocycles. The van der Waals surface area contributed by atoms with Gasteiger partial charge in [-0.1, -0.05) is 40.2 Å². The predicted molar refractivity (Wildman–Crippen MR) is 83.3 cm³/mol. The van der Waals surface area contributed by atoms with Crippen molar-refractivity contribution in [3.05, 3.63) is 12.7 Å². The summed E-state index contributed by atoms with van der Waals surface area (Å²) in [5.74, 6) is 2.36. The van der Waals surface area contributed by atoms with Crippen molar-refractivity contribution in [1.29, 1.82) is 0 Å². The van der Waals surface area contributed by atoms with Crippen molar-refractivity contribution >= 4 is 8.32 Å². The molecule has 4 atom stereocenters. The largest absolute Gasteiger partial charge is 0.414 e. The van der Waals surface area contributed by atoms with Gasteiger partial charge >= 0.3 is 0 Å². The summed E-state index contributed by atoms with van der Waals surface area (Å²) in [6.45, 7) is 15.7. The highest BCUT2D eigenvalue weighted by Crippen LogP contribution is 2.37. The van der Waals surface area contributed by atoms with Gasteiger partial charge in [0.05, 0.1) is 0 Å². The molecule has 1 rings (SSSR count). The average Bonchev–Trinajstić information content (AvgIpc) is 2.29. The molecule has 1 aliphatic carbocycles. The van der Waals surface area contributed by atoms with Crippen molar-refractivity contribution in [2.24, 2.45) is 17.8 Å². The lowest BCUT2D eigenvalue weighted by molar-refractivity contribution is 0.0387. The summed E-state index contributed by atoms with van der Waals surface area (Å²) in [6, 6.07) is 2.30. The van der Waals surface area contributed by atoms with Crippen LogP contribution in [0.5, 0.6) is 0 Å². The third kappa shape index (κ3) is 4.24. The first-order chi connectivity index (χ1) is 8.41. The van der Waals surface area contributed by atoms with Gasteiger partial charge in [-0.3, -0.25) is 0 Å². The molecule has 18 heavy (non-hydrogen) atoms. The summed E-state index contributed by atoms with van der Waals surface area (Å²) < 4.78 is 6.68. The van der Waals surface area contributed by atoms with Gasteiger partial charge in [-0.15, -0.1) is 6.58 Å². The van der Waals surface area contributed by atoms with Gasteiger partial charge in [-0.05, 0) is 49.2 Å². The summed E-state index contributed by atoms with van der Waals surface area (Å²) in [6.07, 6.45) is 6.57. The molecule has 0 N–H and O–H groups in total. The highest BCUT2D eigenvalue weighted by Gasteiger charge is 2.36. The summed E-state index contributed by atoms with van der Waals surface area (Å²) in [7, 11) is -1.55. The zero-order chi connectivity index (χ0) is 13.8. The van der Waals surface area contributed by atoms with E-state index in [1.807, 2.05) is 0 Å². The molecule has 0 spiro atoms. The van der Waals surface area contributed by atoms with Crippen LogP contribution in [0.15, 0.2) is 12.7 Å². The van der Waals surface area contributed by atoms with Crippen molar-refractivity contribution in [3.63, 3.8) is 0 Å². The Morgan fingerprint density at radius 1 is 1.39 bits per heavy atom. The van der Waals surface area contributed by atoms with E-state index in [4.69, 9.17) is 4.43 Å². The van der Waals surface area contributed by atoms with E-state index in [-0.39, 0.29) is 0 Å². The molecule has 0 heterocycles. The molecule has 106 valence electrons. The lowest BCUT2D eigenvalue weighted by atomic mass is 9.75. The Hall–Kier alpha value is -0.0831. The fourth-order valence-electron chi connectivity index (χ4n) is 3.20. The smallest absolute Gasteiger partial charge is 0.193 e. The van der Waals surface area contributed by atoms with Gasteiger partial charge in [0.1, 0.15) is 0 Å². The van der Waals surface area contributed by atoms with Crippen molar-refractivity contribution in [3.8, 4) is 0 Å². The summed E-state index contributed by atoms with van der Waals surface area (Å²) in [5.41, 5.74) is 0. The van der Waals surface area contributed by atoms with Gasteiger partial charge in [-0.2, -0.15) is 0 Å². The Morgan fingerprint density at radius 3 is 2.56 bits per heavy atom. The van der Waals surface area contributed by atoms with Gasteiger partial charge in [0.25, 0.3) is 0 Å². The molecule has 0 amide bonds. The number of hydrogen-bond donors (Lipinski definition) is 0. The standard InChI is InChI=1S/C16H32OSi/c1-7-11-18(6,8-2)17-16-12-14(5)9-10-15(16)13(3)4/h7,13-16H,1,8-12H2,2-6H3/t14-,15+,16-,18?/m1/s1. The molecule has 1 saturated carbocycles. The molecular weight excluding hydrogens is 236 g/mol. The first kappa shape index (κ1) is 16.0. The van der Waals surface area contributed by atoms with Gasteiger partial charge in [0.15, 0.2) is 8.32 Å². The van der Waals surface area contributed by atoms with E-state index < -0.39 is 8.32 Å². The van der Waals surface area contributed by atoms with E-state index in [0.29, 0.717) is 6.10 Å². The molecule has 0 aliphatic heterocycles. The molecule has 1 fully saturated rings. The third-order valence-electron chi connectivity index (χ3n) is 4.72. The third-order valence-corrected chi connectivity index (χ3v) is 8.24. The number of hydrogen-bond acceptors (Lipinski definition) is 1. The average molecular weight is 269 g/mol. The lowest BCUT2D eigenvalue weighted by Crippen LogP contribution is -2.44. The molecule has 0 bridgehead atoms. The van der Waals surface area contributed by atoms with E-state index in [0.717, 1.165) is 23.8 Å². The highest BCUT2D eigenvalue weighted by atomic mass is 28.4. The summed E-state index contributed by atoms with van der Waals surface area (Å²) in [4.78, 5) is 0. The van der Waals surface area contributed by atoms with Gasteiger partial charge in [0, 0.05) is 6.10 Å². The minimum atomic E-state index is -1.55. The predicted octanol–water partition coefficient (Wildman–Crippen LogP) is 5.25. The van der Waals surface area contributed by atoms with Crippen LogP contribution in [-0.2, 0) is 4.43 Å². The Kier molecular flexibility index (Phi) is 6.13. The molecular formula is C16H32OSi. The monoisotopic (exact) mass is 268 g/mol. The van der Waals surface area contributed by atoms with Crippen LogP contribution in [0.4, 0.5) is 0 Å². The number of rotatable bonds is 6. The second kappa shape index (κ2) is 6.90. The van der Waals surface area contributed by atoms with Crippen LogP contribution >= 0.6 is 0 Å². The first-order valence-corrected chi connectivity index (χ1v) is 10.5. The van der Waals surface area contributed by atoms with Crippen molar-refractivity contribution in [2.45, 2.75) is 71.7 Å². The van der Waals surface area contributed by atoms with Crippen LogP contribution in [0.25, 0.3) is 0 Å². The molecule has 1 aliphatic rings. The molecule has 2 heteroatoms. The SMILES string of the molecule is C=CC[Si](C)(CC)O[C@@H]1C[C@H](C)CC[C@H]1C(C)C. The lowest BCUT2D eigenvalue weighted by Gasteiger charge is -2.42. The fraction of sp³-hybridized carbons (Fsp3) is 0.875. The van der Waals surface area contributed by atoms with E-state index in [2.05, 4.69) is 46.9 Å². The molecule has 0 aromatic rings. The second-order valence-corrected chi connectivity index (χ2v) is 11.0. The van der Waals surface area contributed by atoms with Gasteiger partial charge < -0.3 is 4.43 Å². The van der Waals surface area contributed by atoms with E-state index in [1.54, 1.807) is 0 Å². The summed E-state index contributed by atoms with van der Waals surface area (Å²) in [5, 5.41) is 0. The maximum Gasteiger partial charge on any atom is 0.193 e. The minimum Gasteiger partial charge on any atom is -0.414 e. The molecule has 1 unspecified atom stereocenters. The number of allylic oxidation sites excluding steroid dienone is 1. The van der Waals surface area contributed by atoms with Crippen molar-refractivity contribution < 1.29 is 4.43 Å². The minimum absolute atomic E-state index is 0.505. The Bertz CT molecular complexity index is 264. The van der Waals surface area contributed by atoms with Crippen LogP contribution in [0, 0.1) is 17.8 Å².